The third-order valence-corrected chi connectivity index (χ3v) is 5.09. The molecule has 1 aromatic carbocycles. The predicted molar refractivity (Wildman–Crippen MR) is 108 cm³/mol. The number of hydrogen-bond donors (Lipinski definition) is 3. The molecule has 2 aromatic heterocycles. The number of rotatable bonds is 6. The minimum Gasteiger partial charge on any atom is -0.369 e. The van der Waals surface area contributed by atoms with Crippen LogP contribution in [0.4, 0.5) is 5.82 Å². The van der Waals surface area contributed by atoms with Crippen LogP contribution in [0.15, 0.2) is 47.8 Å². The minimum absolute atomic E-state index is 0.00411. The zero-order chi connectivity index (χ0) is 19.5. The zero-order valence-corrected chi connectivity index (χ0v) is 15.4. The van der Waals surface area contributed by atoms with Gasteiger partial charge in [0, 0.05) is 24.5 Å². The van der Waals surface area contributed by atoms with E-state index in [2.05, 4.69) is 32.1 Å². The van der Waals surface area contributed by atoms with Crippen LogP contribution in [-0.2, 0) is 4.79 Å². The first-order valence-corrected chi connectivity index (χ1v) is 9.37. The molecule has 0 unspecified atom stereocenters. The molecule has 1 fully saturated rings. The number of fused-ring (bicyclic) bond motifs is 1. The fraction of sp³-hybridized carbons (Fsp3) is 0.300. The molecule has 8 heteroatoms. The van der Waals surface area contributed by atoms with Crippen molar-refractivity contribution < 1.29 is 4.79 Å². The Labute approximate surface area is 161 Å². The van der Waals surface area contributed by atoms with Crippen LogP contribution in [0.3, 0.4) is 0 Å². The summed E-state index contributed by atoms with van der Waals surface area (Å²) in [4.78, 5) is 32.6. The molecule has 144 valence electrons. The number of benzene rings is 1. The summed E-state index contributed by atoms with van der Waals surface area (Å²) in [6.07, 6.45) is 4.24. The van der Waals surface area contributed by atoms with Gasteiger partial charge in [-0.3, -0.25) is 9.78 Å². The largest absolute Gasteiger partial charge is 0.369 e. The molecule has 28 heavy (non-hydrogen) atoms. The standard InChI is InChI=1S/C20H22N6O2/c1-2-17(27)26-11-5-7-14(26)9-10-21-18-15-8-4-3-6-13(15)12-16(22-18)19-23-20(28)25-24-19/h2-4,6,8,12,14H,1,5,7,9-11H2,(H,21,22)(H2,23,24,25,28)/t14-/m0/s1. The molecule has 0 radical (unpaired) electrons. The minimum atomic E-state index is -0.368. The monoisotopic (exact) mass is 378 g/mol. The normalized spacial score (nSPS) is 16.4. The van der Waals surface area contributed by atoms with Gasteiger partial charge in [0.2, 0.25) is 5.91 Å². The molecule has 1 aliphatic heterocycles. The predicted octanol–water partition coefficient (Wildman–Crippen LogP) is 2.29. The Kier molecular flexibility index (Phi) is 4.92. The van der Waals surface area contributed by atoms with Gasteiger partial charge in [0.05, 0.1) is 0 Å². The first-order chi connectivity index (χ1) is 13.7. The number of hydrogen-bond acceptors (Lipinski definition) is 5. The number of nitrogens with one attached hydrogen (secondary N) is 3. The number of carbonyl (C=O) groups is 1. The fourth-order valence-electron chi connectivity index (χ4n) is 3.75. The van der Waals surface area contributed by atoms with Gasteiger partial charge < -0.3 is 10.2 Å². The van der Waals surface area contributed by atoms with E-state index in [0.717, 1.165) is 42.4 Å². The van der Waals surface area contributed by atoms with Gasteiger partial charge in [0.1, 0.15) is 11.5 Å². The Bertz CT molecular complexity index is 1070. The summed E-state index contributed by atoms with van der Waals surface area (Å²) in [7, 11) is 0. The number of likely N-dealkylation sites (tertiary alicyclic amines) is 1. The van der Waals surface area contributed by atoms with Crippen molar-refractivity contribution in [3.8, 4) is 11.5 Å². The second-order valence-corrected chi connectivity index (χ2v) is 6.85. The topological polar surface area (TPSA) is 107 Å². The summed E-state index contributed by atoms with van der Waals surface area (Å²) in [6.45, 7) is 5.07. The van der Waals surface area contributed by atoms with E-state index in [9.17, 15) is 9.59 Å². The molecule has 3 N–H and O–H groups in total. The number of anilines is 1. The molecule has 3 heterocycles. The van der Waals surface area contributed by atoms with Crippen molar-refractivity contribution in [3.05, 3.63) is 53.5 Å². The summed E-state index contributed by atoms with van der Waals surface area (Å²) >= 11 is 0. The van der Waals surface area contributed by atoms with Crippen LogP contribution in [0.5, 0.6) is 0 Å². The van der Waals surface area contributed by atoms with E-state index in [-0.39, 0.29) is 17.6 Å². The Hall–Kier alpha value is -3.42. The molecule has 1 aliphatic rings. The van der Waals surface area contributed by atoms with E-state index in [1.807, 2.05) is 35.2 Å². The van der Waals surface area contributed by atoms with Gasteiger partial charge in [-0.25, -0.2) is 14.9 Å². The van der Waals surface area contributed by atoms with E-state index >= 15 is 0 Å². The maximum absolute atomic E-state index is 12.0. The highest BCUT2D eigenvalue weighted by Gasteiger charge is 2.26. The maximum Gasteiger partial charge on any atom is 0.340 e. The molecule has 0 bridgehead atoms. The van der Waals surface area contributed by atoms with Crippen LogP contribution in [-0.4, -0.2) is 50.1 Å². The van der Waals surface area contributed by atoms with Crippen molar-refractivity contribution in [2.45, 2.75) is 25.3 Å². The highest BCUT2D eigenvalue weighted by molar-refractivity contribution is 5.94. The van der Waals surface area contributed by atoms with Gasteiger partial charge in [0.15, 0.2) is 5.82 Å². The SMILES string of the molecule is C=CC(=O)N1CCC[C@H]1CCNc1nc(-c2n[nH]c(=O)[nH]2)cc2ccccc12. The van der Waals surface area contributed by atoms with Crippen molar-refractivity contribution in [2.24, 2.45) is 0 Å². The summed E-state index contributed by atoms with van der Waals surface area (Å²) < 4.78 is 0. The van der Waals surface area contributed by atoms with Gasteiger partial charge in [-0.15, -0.1) is 0 Å². The van der Waals surface area contributed by atoms with Crippen molar-refractivity contribution >= 4 is 22.5 Å². The molecule has 0 aliphatic carbocycles. The van der Waals surface area contributed by atoms with Gasteiger partial charge in [-0.1, -0.05) is 30.8 Å². The lowest BCUT2D eigenvalue weighted by molar-refractivity contribution is -0.126. The first-order valence-electron chi connectivity index (χ1n) is 9.37. The number of nitrogens with zero attached hydrogens (tertiary/aromatic N) is 3. The number of carbonyl (C=O) groups excluding carboxylic acids is 1. The van der Waals surface area contributed by atoms with Crippen molar-refractivity contribution in [1.29, 1.82) is 0 Å². The first kappa shape index (κ1) is 18.0. The van der Waals surface area contributed by atoms with E-state index in [1.165, 1.54) is 6.08 Å². The number of H-pyrrole nitrogens is 2. The maximum atomic E-state index is 12.0. The van der Waals surface area contributed by atoms with Crippen LogP contribution in [0, 0.1) is 0 Å². The van der Waals surface area contributed by atoms with E-state index in [0.29, 0.717) is 18.1 Å². The third-order valence-electron chi connectivity index (χ3n) is 5.09. The van der Waals surface area contributed by atoms with Crippen LogP contribution >= 0.6 is 0 Å². The average Bonchev–Trinajstić information content (AvgIpc) is 3.36. The third kappa shape index (κ3) is 3.53. The van der Waals surface area contributed by atoms with E-state index in [1.54, 1.807) is 0 Å². The Morgan fingerprint density at radius 2 is 2.25 bits per heavy atom. The average molecular weight is 378 g/mol. The van der Waals surface area contributed by atoms with Crippen LogP contribution in [0.2, 0.25) is 0 Å². The molecule has 0 saturated carbocycles. The number of pyridine rings is 1. The molecule has 0 spiro atoms. The summed E-state index contributed by atoms with van der Waals surface area (Å²) in [6, 6.07) is 10.0. The molecule has 1 atom stereocenters. The molecule has 1 saturated heterocycles. The molecule has 4 rings (SSSR count). The van der Waals surface area contributed by atoms with Crippen molar-refractivity contribution in [3.63, 3.8) is 0 Å². The molecule has 8 nitrogen and oxygen atoms in total. The summed E-state index contributed by atoms with van der Waals surface area (Å²) in [5.74, 6) is 1.13. The van der Waals surface area contributed by atoms with Crippen molar-refractivity contribution in [1.82, 2.24) is 25.1 Å². The highest BCUT2D eigenvalue weighted by Crippen LogP contribution is 2.26. The Balaban J connectivity index is 1.55. The lowest BCUT2D eigenvalue weighted by atomic mass is 10.1. The second-order valence-electron chi connectivity index (χ2n) is 6.85. The fourth-order valence-corrected chi connectivity index (χ4v) is 3.75. The Morgan fingerprint density at radius 1 is 1.39 bits per heavy atom. The van der Waals surface area contributed by atoms with Crippen molar-refractivity contribution in [2.75, 3.05) is 18.4 Å². The molecular weight excluding hydrogens is 356 g/mol. The quantitative estimate of drug-likeness (QED) is 0.571. The smallest absolute Gasteiger partial charge is 0.340 e. The van der Waals surface area contributed by atoms with Crippen LogP contribution in [0.1, 0.15) is 19.3 Å². The van der Waals surface area contributed by atoms with Crippen LogP contribution in [0.25, 0.3) is 22.3 Å². The number of aromatic amines is 2. The lowest BCUT2D eigenvalue weighted by Gasteiger charge is -2.23. The van der Waals surface area contributed by atoms with Gasteiger partial charge in [-0.05, 0) is 36.8 Å². The van der Waals surface area contributed by atoms with E-state index in [4.69, 9.17) is 0 Å². The number of aromatic nitrogens is 4. The van der Waals surface area contributed by atoms with Crippen LogP contribution < -0.4 is 11.0 Å². The molecular formula is C20H22N6O2. The van der Waals surface area contributed by atoms with Gasteiger partial charge in [0.25, 0.3) is 0 Å². The highest BCUT2D eigenvalue weighted by atomic mass is 16.2. The summed E-state index contributed by atoms with van der Waals surface area (Å²) in [5.41, 5.74) is 0.219. The summed E-state index contributed by atoms with van der Waals surface area (Å²) in [5, 5.41) is 11.7. The lowest BCUT2D eigenvalue weighted by Crippen LogP contribution is -2.35. The second kappa shape index (κ2) is 7.67. The number of amides is 1. The zero-order valence-electron chi connectivity index (χ0n) is 15.4. The van der Waals surface area contributed by atoms with E-state index < -0.39 is 0 Å². The van der Waals surface area contributed by atoms with Gasteiger partial charge in [-0.2, -0.15) is 5.10 Å². The Morgan fingerprint density at radius 3 is 3.04 bits per heavy atom. The van der Waals surface area contributed by atoms with Gasteiger partial charge >= 0.3 is 5.69 Å². The molecule has 3 aromatic rings. The molecule has 1 amide bonds.